The zero-order valence-electron chi connectivity index (χ0n) is 29.7. The van der Waals surface area contributed by atoms with Crippen LogP contribution in [0.4, 0.5) is 4.79 Å². The highest BCUT2D eigenvalue weighted by Crippen LogP contribution is 2.65. The Hall–Kier alpha value is -3.96. The number of hydrogen-bond donors (Lipinski definition) is 5. The van der Waals surface area contributed by atoms with Crippen molar-refractivity contribution >= 4 is 35.5 Å². The minimum Gasteiger partial charge on any atom is -0.480 e. The number of carbonyl (C=O) groups is 6. The van der Waals surface area contributed by atoms with Gasteiger partial charge in [-0.25, -0.2) is 9.59 Å². The van der Waals surface area contributed by atoms with E-state index in [0.717, 1.165) is 18.4 Å². The number of carbonyl (C=O) groups excluding carboxylic acids is 5. The van der Waals surface area contributed by atoms with Gasteiger partial charge in [0.1, 0.15) is 18.1 Å². The lowest BCUT2D eigenvalue weighted by Gasteiger charge is -2.38. The van der Waals surface area contributed by atoms with E-state index in [4.69, 9.17) is 0 Å². The Morgan fingerprint density at radius 3 is 1.96 bits per heavy atom. The predicted octanol–water partition coefficient (Wildman–Crippen LogP) is 3.41. The number of carboxylic acids is 1. The summed E-state index contributed by atoms with van der Waals surface area (Å²) >= 11 is 0. The summed E-state index contributed by atoms with van der Waals surface area (Å²) in [5.41, 5.74) is -0.965. The van der Waals surface area contributed by atoms with Crippen molar-refractivity contribution in [1.82, 2.24) is 26.2 Å². The fraction of sp³-hybridized carbons (Fsp3) is 0.667. The number of piperidine rings is 1. The summed E-state index contributed by atoms with van der Waals surface area (Å²) in [4.78, 5) is 81.6. The van der Waals surface area contributed by atoms with E-state index < -0.39 is 76.5 Å². The van der Waals surface area contributed by atoms with Crippen LogP contribution >= 0.6 is 0 Å². The molecule has 12 nitrogen and oxygen atoms in total. The second kappa shape index (κ2) is 13.5. The fourth-order valence-corrected chi connectivity index (χ4v) is 7.01. The van der Waals surface area contributed by atoms with Crippen molar-refractivity contribution in [3.8, 4) is 0 Å². The maximum absolute atomic E-state index is 14.3. The van der Waals surface area contributed by atoms with Crippen LogP contribution < -0.4 is 21.3 Å². The molecular weight excluding hydrogens is 614 g/mol. The predicted molar refractivity (Wildman–Crippen MR) is 179 cm³/mol. The van der Waals surface area contributed by atoms with E-state index in [9.17, 15) is 33.9 Å². The number of nitrogens with zero attached hydrogens (tertiary/aromatic N) is 1. The Morgan fingerprint density at radius 2 is 1.44 bits per heavy atom. The molecule has 2 saturated carbocycles. The van der Waals surface area contributed by atoms with Gasteiger partial charge in [0.2, 0.25) is 17.6 Å². The molecule has 5 amide bonds. The molecule has 1 heterocycles. The van der Waals surface area contributed by atoms with Crippen LogP contribution in [0, 0.1) is 34.0 Å². The number of amides is 5. The summed E-state index contributed by atoms with van der Waals surface area (Å²) in [7, 11) is 0. The first-order chi connectivity index (χ1) is 22.1. The molecule has 7 atom stereocenters. The van der Waals surface area contributed by atoms with Crippen molar-refractivity contribution < 1.29 is 33.9 Å². The molecule has 0 bridgehead atoms. The van der Waals surface area contributed by atoms with E-state index in [2.05, 4.69) is 21.3 Å². The smallest absolute Gasteiger partial charge is 0.326 e. The number of ketones is 1. The first-order valence-corrected chi connectivity index (χ1v) is 16.9. The number of benzene rings is 1. The Labute approximate surface area is 283 Å². The molecule has 0 radical (unpaired) electrons. The van der Waals surface area contributed by atoms with E-state index in [1.165, 1.54) is 4.90 Å². The molecule has 3 fully saturated rings. The van der Waals surface area contributed by atoms with Gasteiger partial charge in [0.15, 0.2) is 0 Å². The third-order valence-corrected chi connectivity index (χ3v) is 10.3. The van der Waals surface area contributed by atoms with E-state index in [1.807, 2.05) is 44.2 Å². The minimum absolute atomic E-state index is 0.0385. The average molecular weight is 668 g/mol. The molecule has 4 rings (SSSR count). The summed E-state index contributed by atoms with van der Waals surface area (Å²) in [6, 6.07) is 3.82. The van der Waals surface area contributed by atoms with E-state index in [1.54, 1.807) is 48.5 Å². The van der Waals surface area contributed by atoms with Crippen LogP contribution in [-0.2, 0) is 24.0 Å². The molecule has 1 saturated heterocycles. The van der Waals surface area contributed by atoms with Crippen LogP contribution in [0.3, 0.4) is 0 Å². The number of likely N-dealkylation sites (tertiary alicyclic amines) is 1. The van der Waals surface area contributed by atoms with Crippen molar-refractivity contribution in [3.05, 3.63) is 35.9 Å². The second-order valence-corrected chi connectivity index (χ2v) is 16.7. The topological polar surface area (TPSA) is 174 Å². The summed E-state index contributed by atoms with van der Waals surface area (Å²) in [5.74, 6) is -3.58. The highest BCUT2D eigenvalue weighted by Gasteiger charge is 2.70. The number of Topliss-reactive ketones (excluding diaryl/α,β-unsaturated/α-hetero) is 1. The van der Waals surface area contributed by atoms with Gasteiger partial charge in [-0.15, -0.1) is 0 Å². The maximum atomic E-state index is 14.3. The molecule has 2 aliphatic carbocycles. The molecule has 3 aliphatic rings. The number of rotatable bonds is 12. The van der Waals surface area contributed by atoms with E-state index in [0.29, 0.717) is 13.0 Å². The SMILES string of the molecule is C[C@@H](NC(=O)C(=O)C(CC1CC1)NC(=O)[C@@H]1C2[C@H](CN1C(=O)[C@@H](NC(=O)NC(C(=O)O)C(C)(C)C)C(C)(C)C)C2(C)C)c1ccccc1. The molecule has 0 spiro atoms. The van der Waals surface area contributed by atoms with Crippen LogP contribution in [0.15, 0.2) is 30.3 Å². The summed E-state index contributed by atoms with van der Waals surface area (Å²) in [6.07, 6.45) is 2.15. The zero-order chi connectivity index (χ0) is 35.9. The fourth-order valence-electron chi connectivity index (χ4n) is 7.01. The second-order valence-electron chi connectivity index (χ2n) is 16.7. The molecule has 1 aliphatic heterocycles. The monoisotopic (exact) mass is 667 g/mol. The van der Waals surface area contributed by atoms with Crippen LogP contribution in [0.25, 0.3) is 0 Å². The van der Waals surface area contributed by atoms with Gasteiger partial charge in [-0.05, 0) is 52.9 Å². The lowest BCUT2D eigenvalue weighted by molar-refractivity contribution is -0.145. The number of aliphatic carboxylic acids is 1. The normalized spacial score (nSPS) is 23.9. The van der Waals surface area contributed by atoms with Crippen LogP contribution in [0.2, 0.25) is 0 Å². The van der Waals surface area contributed by atoms with Gasteiger partial charge in [-0.2, -0.15) is 0 Å². The maximum Gasteiger partial charge on any atom is 0.326 e. The van der Waals surface area contributed by atoms with Gasteiger partial charge in [-0.3, -0.25) is 19.2 Å². The molecule has 48 heavy (non-hydrogen) atoms. The highest BCUT2D eigenvalue weighted by molar-refractivity contribution is 6.38. The van der Waals surface area contributed by atoms with Crippen LogP contribution in [0.5, 0.6) is 0 Å². The lowest BCUT2D eigenvalue weighted by Crippen LogP contribution is -2.62. The Bertz CT molecular complexity index is 1430. The molecule has 1 aromatic carbocycles. The lowest BCUT2D eigenvalue weighted by atomic mass is 9.85. The van der Waals surface area contributed by atoms with Crippen LogP contribution in [-0.4, -0.2) is 76.2 Å². The first kappa shape index (κ1) is 36.9. The zero-order valence-corrected chi connectivity index (χ0v) is 29.7. The number of nitrogens with one attached hydrogen (secondary N) is 4. The highest BCUT2D eigenvalue weighted by atomic mass is 16.4. The van der Waals surface area contributed by atoms with Crippen molar-refractivity contribution in [2.24, 2.45) is 34.0 Å². The van der Waals surface area contributed by atoms with Crippen molar-refractivity contribution in [1.29, 1.82) is 0 Å². The summed E-state index contributed by atoms with van der Waals surface area (Å²) in [6.45, 7) is 16.6. The molecule has 3 unspecified atom stereocenters. The largest absolute Gasteiger partial charge is 0.480 e. The van der Waals surface area contributed by atoms with Gasteiger partial charge in [0.25, 0.3) is 5.91 Å². The van der Waals surface area contributed by atoms with Crippen LogP contribution in [0.1, 0.15) is 93.2 Å². The quantitative estimate of drug-likeness (QED) is 0.212. The van der Waals surface area contributed by atoms with Gasteiger partial charge < -0.3 is 31.3 Å². The number of urea groups is 1. The van der Waals surface area contributed by atoms with Crippen molar-refractivity contribution in [2.75, 3.05) is 6.54 Å². The molecular formula is C36H53N5O7. The minimum atomic E-state index is -1.21. The van der Waals surface area contributed by atoms with Gasteiger partial charge >= 0.3 is 12.0 Å². The Kier molecular flexibility index (Phi) is 10.4. The summed E-state index contributed by atoms with van der Waals surface area (Å²) in [5, 5.41) is 20.5. The number of fused-ring (bicyclic) bond motifs is 1. The molecule has 5 N–H and O–H groups in total. The molecule has 12 heteroatoms. The number of hydrogen-bond acceptors (Lipinski definition) is 6. The molecule has 1 aromatic rings. The third-order valence-electron chi connectivity index (χ3n) is 10.3. The van der Waals surface area contributed by atoms with E-state index >= 15 is 0 Å². The first-order valence-electron chi connectivity index (χ1n) is 16.9. The third kappa shape index (κ3) is 8.18. The molecule has 264 valence electrons. The van der Waals surface area contributed by atoms with Gasteiger partial charge in [0, 0.05) is 6.54 Å². The summed E-state index contributed by atoms with van der Waals surface area (Å²) < 4.78 is 0. The van der Waals surface area contributed by atoms with E-state index in [-0.39, 0.29) is 23.2 Å². The Balaban J connectivity index is 1.53. The van der Waals surface area contributed by atoms with Gasteiger partial charge in [0.05, 0.1) is 12.1 Å². The number of carboxylic acid groups (broad SMARTS) is 1. The van der Waals surface area contributed by atoms with Crippen molar-refractivity contribution in [3.63, 3.8) is 0 Å². The van der Waals surface area contributed by atoms with Gasteiger partial charge in [-0.1, -0.05) is 98.6 Å². The standard InChI is InChI=1S/C36H53N5O7/c1-19(21-13-11-10-12-14-21)37-30(44)26(42)23(17-20-15-16-20)38-29(43)25-24-22(36(24,8)9)18-41(25)31(45)27(34(2,3)4)39-33(48)40-28(32(46)47)35(5,6)7/h10-14,19-20,22-25,27-28H,15-18H2,1-9H3,(H,37,44)(H,38,43)(H,46,47)(H2,39,40,48)/t19-,22+,23?,24?,25+,27-,28?/m1/s1. The van der Waals surface area contributed by atoms with Crippen molar-refractivity contribution in [2.45, 2.75) is 112 Å². The Morgan fingerprint density at radius 1 is 0.875 bits per heavy atom. The molecule has 0 aromatic heterocycles. The average Bonchev–Trinajstić information content (AvgIpc) is 3.84.